The number of nitrogens with one attached hydrogen (secondary N) is 6. The molecule has 5 aliphatic heterocycles. The number of piperazine rings is 5. The van der Waals surface area contributed by atoms with Gasteiger partial charge in [0.15, 0.2) is 15.7 Å². The summed E-state index contributed by atoms with van der Waals surface area (Å²) in [4.78, 5) is 94.9. The van der Waals surface area contributed by atoms with Gasteiger partial charge in [0.1, 0.15) is 43.3 Å². The van der Waals surface area contributed by atoms with E-state index in [9.17, 15) is 70.9 Å². The Morgan fingerprint density at radius 3 is 0.952 bits per heavy atom. The van der Waals surface area contributed by atoms with E-state index in [2.05, 4.69) is 30.4 Å². The maximum atomic E-state index is 13.6. The standard InChI is InChI=1S/C22H24ClN5O3S.C22H30ClN3O6S.C20H17ClN4O3S.C13H13Cl2NO4S.C12H14ClN3O2S.C9H18N2O2/c1-26(2)21(24)15-3-5-16(6-4-15)22(29)27-9-11-28(12-10-27)32(30,31)20-14-17-13-18(23)7-8-19(17)25-20;1-21(2,3)31-19(27)24-9-11-25(12-10-24)33(29,30)18-14-15-13-16(23)7-8-17(15)26(18)20(28)32-22(4,5)6;1-22-17-5-2-14(3-6-17)20(26)24-8-10-25(11-9-24)29(27,28)19-13-15-12-16(21)4-7-18(15)23-19;1-13(2,3)20-12(17)16-10-5-4-9(14)6-8(10)7-11(16)21(15,18)19;13-10-1-2-11-9(7-10)8-12(15-11)19(17,18)16-5-3-14-4-6-16;1-9(2,3)13-8(12)11-6-4-10-5-7-11/h3-8,13-14,24-25H,9-12H2,1-2H3;7-8,13-14H,9-12H2,1-6H3;2-7,12-13,23H,8-11H2;4-7H,1-3H3;1-2,7-8,14-15H,3-6H2;10H,4-7H2,1-3H3. The summed E-state index contributed by atoms with van der Waals surface area (Å²) < 4.78 is 156. The van der Waals surface area contributed by atoms with E-state index >= 15 is 0 Å². The molecule has 0 atom stereocenters. The zero-order valence-corrected chi connectivity index (χ0v) is 91.8. The van der Waals surface area contributed by atoms with Crippen molar-refractivity contribution < 1.29 is 89.8 Å². The summed E-state index contributed by atoms with van der Waals surface area (Å²) >= 11 is 29.8. The van der Waals surface area contributed by atoms with Gasteiger partial charge < -0.3 is 69.0 Å². The normalized spacial score (nSPS) is 15.7. The number of nitrogens with zero attached hydrogens (tertiary/aromatic N) is 12. The lowest BCUT2D eigenvalue weighted by Crippen LogP contribution is -2.51. The van der Waals surface area contributed by atoms with Crippen LogP contribution < -0.4 is 10.6 Å². The van der Waals surface area contributed by atoms with Crippen LogP contribution in [0.2, 0.25) is 25.1 Å². The average Bonchev–Trinajstić information content (AvgIpc) is 1.60. The second-order valence-electron chi connectivity index (χ2n) is 38.7. The molecule has 17 rings (SSSR count). The van der Waals surface area contributed by atoms with Gasteiger partial charge >= 0.3 is 24.4 Å². The SMILES string of the molecule is CC(C)(C)OC(=O)N1CCN(S(=O)(=O)c2cc3cc(Cl)ccc3n2C(=O)OC(C)(C)C)CC1.CC(C)(C)OC(=O)N1CCNCC1.CC(C)(C)OC(=O)n1c(S(=O)(=O)Cl)cc2cc(Cl)ccc21.CN(C)C(=N)c1ccc(C(=O)N2CCN(S(=O)(=O)c3cc4cc(Cl)ccc4[nH]3)CC2)cc1.O=S(=O)(c1cc2cc(Cl)ccc2[nH]1)N1CCNCC1.[C-]#[N+]c1ccc(C(=O)N2CCN(S(=O)(=O)c3cc4cc(Cl)ccc4[nH]3)CC2)cc1. The summed E-state index contributed by atoms with van der Waals surface area (Å²) in [7, 11) is -10.1. The Bertz CT molecular complexity index is 7570. The fourth-order valence-electron chi connectivity index (χ4n) is 15.7. The highest BCUT2D eigenvalue weighted by Gasteiger charge is 2.40. The lowest BCUT2D eigenvalue weighted by molar-refractivity contribution is 0.0189. The highest BCUT2D eigenvalue weighted by molar-refractivity contribution is 8.13. The van der Waals surface area contributed by atoms with Gasteiger partial charge in [0, 0.05) is 241 Å². The summed E-state index contributed by atoms with van der Waals surface area (Å²) in [6.45, 7) is 36.2. The van der Waals surface area contributed by atoms with Gasteiger partial charge in [-0.25, -0.2) is 75.2 Å². The van der Waals surface area contributed by atoms with Crippen LogP contribution >= 0.6 is 68.7 Å². The molecular weight excluding hydrogens is 2120 g/mol. The Balaban J connectivity index is 0.000000160. The molecule has 0 aliphatic carbocycles. The van der Waals surface area contributed by atoms with Crippen LogP contribution in [0, 0.1) is 12.0 Å². The van der Waals surface area contributed by atoms with Crippen molar-refractivity contribution in [1.82, 2.24) is 76.4 Å². The molecule has 7 aromatic carbocycles. The number of ether oxygens (including phenoxy) is 4. The molecular formula is C98H116Cl6N18O20S5. The summed E-state index contributed by atoms with van der Waals surface area (Å²) in [5, 5.41) is 20.0. The number of aromatic amines is 3. The number of amidine groups is 1. The lowest BCUT2D eigenvalue weighted by Gasteiger charge is -2.35. The molecule has 5 saturated heterocycles. The summed E-state index contributed by atoms with van der Waals surface area (Å²) in [6, 6.07) is 45.8. The Labute approximate surface area is 883 Å². The van der Waals surface area contributed by atoms with E-state index in [4.69, 9.17) is 99.6 Å². The number of rotatable bonds is 12. The van der Waals surface area contributed by atoms with Crippen molar-refractivity contribution >= 4 is 220 Å². The van der Waals surface area contributed by atoms with Gasteiger partial charge in [-0.3, -0.25) is 15.0 Å². The molecule has 0 bridgehead atoms. The molecule has 0 saturated carbocycles. The molecule has 6 N–H and O–H groups in total. The van der Waals surface area contributed by atoms with E-state index in [1.165, 1.54) is 40.3 Å². The van der Waals surface area contributed by atoms with E-state index in [-0.39, 0.29) is 101 Å². The summed E-state index contributed by atoms with van der Waals surface area (Å²) in [6.07, 6.45) is -2.31. The van der Waals surface area contributed by atoms with E-state index in [1.54, 1.807) is 248 Å². The van der Waals surface area contributed by atoms with E-state index in [0.29, 0.717) is 133 Å². The summed E-state index contributed by atoms with van der Waals surface area (Å²) in [5.41, 5.74) is 2.48. The van der Waals surface area contributed by atoms with Crippen LogP contribution in [0.1, 0.15) is 109 Å². The first-order chi connectivity index (χ1) is 68.7. The minimum Gasteiger partial charge on any atom is -0.444 e. The molecule has 5 fully saturated rings. The van der Waals surface area contributed by atoms with Crippen LogP contribution in [0.5, 0.6) is 0 Å². The minimum atomic E-state index is -4.12. The molecule has 0 radical (unpaired) electrons. The number of carbonyl (C=O) groups excluding carboxylic acids is 6. The van der Waals surface area contributed by atoms with Crippen molar-refractivity contribution in [2.24, 2.45) is 0 Å². The number of hydrogen-bond acceptors (Lipinski definition) is 23. The number of sulfonamides is 4. The van der Waals surface area contributed by atoms with Gasteiger partial charge in [0.25, 0.3) is 61.0 Å². The first-order valence-electron chi connectivity index (χ1n) is 46.4. The predicted octanol–water partition coefficient (Wildman–Crippen LogP) is 16.9. The van der Waals surface area contributed by atoms with Crippen molar-refractivity contribution in [2.75, 3.05) is 145 Å². The van der Waals surface area contributed by atoms with Crippen molar-refractivity contribution in [3.05, 3.63) is 223 Å². The maximum Gasteiger partial charge on any atom is 0.420 e. The molecule has 0 spiro atoms. The number of H-pyrrole nitrogens is 3. The van der Waals surface area contributed by atoms with Crippen LogP contribution in [0.4, 0.5) is 24.9 Å². The Hall–Kier alpha value is -11.1. The van der Waals surface area contributed by atoms with Crippen molar-refractivity contribution in [2.45, 2.75) is 131 Å². The number of carbonyl (C=O) groups is 6. The Kier molecular flexibility index (Phi) is 36.6. The van der Waals surface area contributed by atoms with E-state index < -0.39 is 84.2 Å². The van der Waals surface area contributed by atoms with Gasteiger partial charge in [-0.1, -0.05) is 94.4 Å². The molecule has 147 heavy (non-hydrogen) atoms. The second-order valence-corrected chi connectivity index (χ2v) is 50.9. The third-order valence-corrected chi connectivity index (χ3v) is 32.7. The second kappa shape index (κ2) is 47.0. The molecule has 5 aliphatic rings. The number of aromatic nitrogens is 5. The quantitative estimate of drug-likeness (QED) is 0.0217. The zero-order valence-electron chi connectivity index (χ0n) is 83.1. The number of halogens is 6. The third kappa shape index (κ3) is 29.5. The van der Waals surface area contributed by atoms with Gasteiger partial charge in [0.05, 0.1) is 17.6 Å². The molecule has 790 valence electrons. The van der Waals surface area contributed by atoms with Gasteiger partial charge in [-0.05, 0) is 217 Å². The Morgan fingerprint density at radius 1 is 0.340 bits per heavy atom. The predicted molar refractivity (Wildman–Crippen MR) is 568 cm³/mol. The molecule has 38 nitrogen and oxygen atoms in total. The first kappa shape index (κ1) is 115. The smallest absolute Gasteiger partial charge is 0.420 e. The molecule has 5 aromatic heterocycles. The first-order valence-corrected chi connectivity index (χ1v) is 56.3. The number of amides is 4. The highest BCUT2D eigenvalue weighted by atomic mass is 35.7. The van der Waals surface area contributed by atoms with Gasteiger partial charge in [0.2, 0.25) is 0 Å². The number of fused-ring (bicyclic) bond motifs is 5. The number of hydrogen-bond donors (Lipinski definition) is 6. The molecule has 12 aromatic rings. The van der Waals surface area contributed by atoms with Crippen LogP contribution in [0.15, 0.2) is 195 Å². The van der Waals surface area contributed by atoms with E-state index in [0.717, 1.165) is 62.6 Å². The van der Waals surface area contributed by atoms with Crippen LogP contribution in [-0.2, 0) is 68.1 Å². The third-order valence-electron chi connectivity index (χ3n) is 22.9. The fraction of sp³-hybridized carbons (Fsp3) is 0.388. The Morgan fingerprint density at radius 2 is 0.619 bits per heavy atom. The zero-order chi connectivity index (χ0) is 108. The van der Waals surface area contributed by atoms with Crippen molar-refractivity contribution in [3.63, 3.8) is 0 Å². The lowest BCUT2D eigenvalue weighted by atomic mass is 10.1. The molecule has 10 heterocycles. The van der Waals surface area contributed by atoms with Gasteiger partial charge in [-0.15, -0.1) is 0 Å². The molecule has 49 heteroatoms. The maximum absolute atomic E-state index is 13.6. The average molecular weight is 2240 g/mol. The fourth-order valence-corrected chi connectivity index (χ4v) is 23.5. The largest absolute Gasteiger partial charge is 0.444 e. The monoisotopic (exact) mass is 2230 g/mol. The van der Waals surface area contributed by atoms with Crippen LogP contribution in [-0.4, -0.2) is 317 Å². The van der Waals surface area contributed by atoms with Gasteiger partial charge in [-0.2, -0.15) is 17.2 Å². The summed E-state index contributed by atoms with van der Waals surface area (Å²) in [5.74, 6) is 0.0473. The topological polar surface area (TPSA) is 449 Å². The minimum absolute atomic E-state index is 0.0676. The van der Waals surface area contributed by atoms with Crippen LogP contribution in [0.25, 0.3) is 59.4 Å². The van der Waals surface area contributed by atoms with Crippen LogP contribution in [0.3, 0.4) is 0 Å². The van der Waals surface area contributed by atoms with Crippen molar-refractivity contribution in [3.8, 4) is 0 Å². The molecule has 0 unspecified atom stereocenters. The number of benzene rings is 7. The van der Waals surface area contributed by atoms with Crippen molar-refractivity contribution in [1.29, 1.82) is 5.41 Å². The highest BCUT2D eigenvalue weighted by Crippen LogP contribution is 2.36. The van der Waals surface area contributed by atoms with E-state index in [1.807, 2.05) is 20.8 Å². The molecule has 4 amide bonds.